The molecule has 0 spiro atoms. The monoisotopic (exact) mass is 478 g/mol. The van der Waals surface area contributed by atoms with E-state index in [4.69, 9.17) is 0 Å². The molecule has 0 aromatic carbocycles. The van der Waals surface area contributed by atoms with Gasteiger partial charge in [0.1, 0.15) is 0 Å². The maximum Gasteiger partial charge on any atom is 0.00313 e. The third-order valence-corrected chi connectivity index (χ3v) is 7.08. The lowest BCUT2D eigenvalue weighted by molar-refractivity contribution is 0.175. The van der Waals surface area contributed by atoms with E-state index in [2.05, 4.69) is 36.7 Å². The van der Waals surface area contributed by atoms with Crippen LogP contribution in [0.15, 0.2) is 0 Å². The van der Waals surface area contributed by atoms with Gasteiger partial charge in [0.05, 0.1) is 0 Å². The lowest BCUT2D eigenvalue weighted by Crippen LogP contribution is -2.21. The number of alkyl halides is 1. The van der Waals surface area contributed by atoms with E-state index in [1.165, 1.54) is 140 Å². The van der Waals surface area contributed by atoms with E-state index >= 15 is 0 Å². The largest absolute Gasteiger partial charge is 0.153 e. The van der Waals surface area contributed by atoms with Crippen molar-refractivity contribution in [2.45, 2.75) is 156 Å². The Morgan fingerprint density at radius 3 is 1.04 bits per heavy atom. The highest BCUT2D eigenvalue weighted by Gasteiger charge is 2.27. The molecule has 28 heavy (non-hydrogen) atoms. The molecular formula is C26H56BrP. The van der Waals surface area contributed by atoms with Gasteiger partial charge in [-0.15, -0.1) is 0 Å². The van der Waals surface area contributed by atoms with Crippen LogP contribution >= 0.6 is 25.8 Å². The third-order valence-electron chi connectivity index (χ3n) is 6.52. The van der Waals surface area contributed by atoms with Gasteiger partial charge in [-0.05, 0) is 37.5 Å². The first-order valence-corrected chi connectivity index (χ1v) is 13.9. The van der Waals surface area contributed by atoms with Crippen molar-refractivity contribution in [2.75, 3.05) is 5.33 Å². The van der Waals surface area contributed by atoms with Crippen LogP contribution in [0.5, 0.6) is 0 Å². The van der Waals surface area contributed by atoms with Crippen LogP contribution < -0.4 is 0 Å². The highest BCUT2D eigenvalue weighted by Crippen LogP contribution is 2.41. The Balaban J connectivity index is 0. The van der Waals surface area contributed by atoms with Crippen LogP contribution in [0.25, 0.3) is 0 Å². The fourth-order valence-corrected chi connectivity index (χ4v) is 4.99. The zero-order chi connectivity index (χ0) is 20.1. The lowest BCUT2D eigenvalue weighted by Gasteiger charge is -2.35. The standard InChI is InChI=1S/C26H53Br.H3P/c1-4-7-21-26(22-8-5-2,23-9-6-3)24-19-17-15-13-11-10-12-14-16-18-20-25-27;/h4-25H2,1-3H3;1H3. The Morgan fingerprint density at radius 2 is 0.714 bits per heavy atom. The van der Waals surface area contributed by atoms with Crippen molar-refractivity contribution in [3.05, 3.63) is 0 Å². The SMILES string of the molecule is CCCCC(CCCC)(CCCC)CCCCCCCCCCCCCBr.P. The summed E-state index contributed by atoms with van der Waals surface area (Å²) in [5.74, 6) is 0. The summed E-state index contributed by atoms with van der Waals surface area (Å²) in [6, 6.07) is 0. The van der Waals surface area contributed by atoms with Gasteiger partial charge in [0, 0.05) is 5.33 Å². The molecule has 0 aromatic rings. The number of unbranched alkanes of at least 4 members (excludes halogenated alkanes) is 13. The summed E-state index contributed by atoms with van der Waals surface area (Å²) < 4.78 is 0. The van der Waals surface area contributed by atoms with E-state index in [1.807, 2.05) is 0 Å². The molecule has 0 aliphatic rings. The summed E-state index contributed by atoms with van der Waals surface area (Å²) in [7, 11) is 0. The summed E-state index contributed by atoms with van der Waals surface area (Å²) in [4.78, 5) is 0. The molecule has 0 saturated heterocycles. The van der Waals surface area contributed by atoms with Gasteiger partial charge < -0.3 is 0 Å². The minimum Gasteiger partial charge on any atom is -0.153 e. The average Bonchev–Trinajstić information content (AvgIpc) is 2.69. The first kappa shape index (κ1) is 31.1. The second-order valence-corrected chi connectivity index (χ2v) is 9.93. The molecule has 0 fully saturated rings. The molecule has 2 heteroatoms. The summed E-state index contributed by atoms with van der Waals surface area (Å²) in [6.07, 6.45) is 30.5. The molecule has 0 heterocycles. The Labute approximate surface area is 191 Å². The fraction of sp³-hybridized carbons (Fsp3) is 1.00. The van der Waals surface area contributed by atoms with Gasteiger partial charge in [-0.3, -0.25) is 0 Å². The minimum absolute atomic E-state index is 0. The Hall–Kier alpha value is 0.910. The maximum absolute atomic E-state index is 3.52. The lowest BCUT2D eigenvalue weighted by atomic mass is 9.71. The van der Waals surface area contributed by atoms with E-state index < -0.39 is 0 Å². The van der Waals surface area contributed by atoms with Crippen LogP contribution in [0.2, 0.25) is 0 Å². The molecular weight excluding hydrogens is 423 g/mol. The molecule has 0 N–H and O–H groups in total. The average molecular weight is 480 g/mol. The number of hydrogen-bond donors (Lipinski definition) is 0. The minimum atomic E-state index is 0. The zero-order valence-electron chi connectivity index (χ0n) is 20.1. The van der Waals surface area contributed by atoms with Crippen molar-refractivity contribution >= 4 is 25.8 Å². The molecule has 0 aliphatic heterocycles. The predicted octanol–water partition coefficient (Wildman–Crippen LogP) is 10.7. The van der Waals surface area contributed by atoms with Gasteiger partial charge in [0.15, 0.2) is 0 Å². The highest BCUT2D eigenvalue weighted by molar-refractivity contribution is 9.09. The maximum atomic E-state index is 3.52. The predicted molar refractivity (Wildman–Crippen MR) is 141 cm³/mol. The van der Waals surface area contributed by atoms with Gasteiger partial charge in [0.2, 0.25) is 0 Å². The van der Waals surface area contributed by atoms with Crippen molar-refractivity contribution < 1.29 is 0 Å². The van der Waals surface area contributed by atoms with Crippen molar-refractivity contribution in [3.8, 4) is 0 Å². The van der Waals surface area contributed by atoms with Gasteiger partial charge in [0.25, 0.3) is 0 Å². The third kappa shape index (κ3) is 18.9. The molecule has 0 nitrogen and oxygen atoms in total. The van der Waals surface area contributed by atoms with Crippen molar-refractivity contribution in [2.24, 2.45) is 5.41 Å². The highest BCUT2D eigenvalue weighted by atomic mass is 79.9. The molecule has 0 aliphatic carbocycles. The van der Waals surface area contributed by atoms with Gasteiger partial charge in [-0.1, -0.05) is 139 Å². The quantitative estimate of drug-likeness (QED) is 0.0823. The fourth-order valence-electron chi connectivity index (χ4n) is 4.59. The number of halogens is 1. The van der Waals surface area contributed by atoms with Crippen LogP contribution in [0.4, 0.5) is 0 Å². The van der Waals surface area contributed by atoms with Gasteiger partial charge in [-0.2, -0.15) is 9.90 Å². The van der Waals surface area contributed by atoms with Crippen molar-refractivity contribution in [1.82, 2.24) is 0 Å². The van der Waals surface area contributed by atoms with Crippen LogP contribution in [0.3, 0.4) is 0 Å². The van der Waals surface area contributed by atoms with Crippen LogP contribution in [-0.4, -0.2) is 5.33 Å². The molecule has 1 atom stereocenters. The van der Waals surface area contributed by atoms with Crippen molar-refractivity contribution in [3.63, 3.8) is 0 Å². The van der Waals surface area contributed by atoms with E-state index in [9.17, 15) is 0 Å². The van der Waals surface area contributed by atoms with E-state index in [-0.39, 0.29) is 9.90 Å². The van der Waals surface area contributed by atoms with Crippen LogP contribution in [-0.2, 0) is 0 Å². The molecule has 0 aromatic heterocycles. The van der Waals surface area contributed by atoms with Crippen LogP contribution in [0.1, 0.15) is 156 Å². The van der Waals surface area contributed by atoms with Gasteiger partial charge >= 0.3 is 0 Å². The second kappa shape index (κ2) is 24.2. The Morgan fingerprint density at radius 1 is 0.429 bits per heavy atom. The van der Waals surface area contributed by atoms with E-state index in [1.54, 1.807) is 0 Å². The normalized spacial score (nSPS) is 11.6. The number of rotatable bonds is 22. The van der Waals surface area contributed by atoms with Gasteiger partial charge in [-0.25, -0.2) is 0 Å². The van der Waals surface area contributed by atoms with E-state index in [0.29, 0.717) is 5.41 Å². The second-order valence-electron chi connectivity index (χ2n) is 9.14. The summed E-state index contributed by atoms with van der Waals surface area (Å²) >= 11 is 3.52. The summed E-state index contributed by atoms with van der Waals surface area (Å²) in [5.41, 5.74) is 0.692. The smallest absolute Gasteiger partial charge is 0.00313 e. The summed E-state index contributed by atoms with van der Waals surface area (Å²) in [6.45, 7) is 7.10. The molecule has 0 radical (unpaired) electrons. The Bertz CT molecular complexity index is 258. The van der Waals surface area contributed by atoms with Crippen molar-refractivity contribution in [1.29, 1.82) is 0 Å². The molecule has 0 rings (SSSR count). The Kier molecular flexibility index (Phi) is 26.9. The van der Waals surface area contributed by atoms with E-state index in [0.717, 1.165) is 0 Å². The molecule has 1 unspecified atom stereocenters. The first-order chi connectivity index (χ1) is 13.2. The van der Waals surface area contributed by atoms with Crippen LogP contribution in [0, 0.1) is 5.41 Å². The molecule has 172 valence electrons. The zero-order valence-corrected chi connectivity index (χ0v) is 23.1. The first-order valence-electron chi connectivity index (χ1n) is 12.8. The molecule has 0 saturated carbocycles. The number of hydrogen-bond acceptors (Lipinski definition) is 0. The summed E-state index contributed by atoms with van der Waals surface area (Å²) in [5, 5.41) is 1.18. The molecule has 0 amide bonds. The topological polar surface area (TPSA) is 0 Å². The molecule has 0 bridgehead atoms.